The molecule has 2 rings (SSSR count). The van der Waals surface area contributed by atoms with Gasteiger partial charge in [-0.15, -0.1) is 0 Å². The number of aromatic nitrogens is 2. The molecule has 0 bridgehead atoms. The van der Waals surface area contributed by atoms with E-state index >= 15 is 0 Å². The Labute approximate surface area is 79.9 Å². The Morgan fingerprint density at radius 2 is 2.50 bits per heavy atom. The fourth-order valence-electron chi connectivity index (χ4n) is 1.37. The predicted molar refractivity (Wildman–Crippen MR) is 43.8 cm³/mol. The highest BCUT2D eigenvalue weighted by atomic mass is 16.5. The van der Waals surface area contributed by atoms with Crippen LogP contribution in [0.4, 0.5) is 0 Å². The molecule has 14 heavy (non-hydrogen) atoms. The maximum Gasteiger partial charge on any atom is 0.312 e. The van der Waals surface area contributed by atoms with Gasteiger partial charge in [0.15, 0.2) is 5.82 Å². The van der Waals surface area contributed by atoms with Gasteiger partial charge in [0.25, 0.3) is 0 Å². The second-order valence-electron chi connectivity index (χ2n) is 3.18. The van der Waals surface area contributed by atoms with Crippen LogP contribution in [-0.4, -0.2) is 34.4 Å². The summed E-state index contributed by atoms with van der Waals surface area (Å²) < 4.78 is 9.95. The lowest BCUT2D eigenvalue weighted by Crippen LogP contribution is -2.02. The van der Waals surface area contributed by atoms with Crippen molar-refractivity contribution in [2.45, 2.75) is 18.8 Å². The van der Waals surface area contributed by atoms with E-state index in [1.807, 2.05) is 0 Å². The molecule has 6 heteroatoms. The number of rotatable bonds is 3. The third-order valence-corrected chi connectivity index (χ3v) is 2.08. The molecule has 1 unspecified atom stereocenters. The number of carboxylic acid groups (broad SMARTS) is 1. The van der Waals surface area contributed by atoms with Crippen molar-refractivity contribution in [1.29, 1.82) is 0 Å². The van der Waals surface area contributed by atoms with Crippen molar-refractivity contribution in [3.05, 3.63) is 11.7 Å². The fourth-order valence-corrected chi connectivity index (χ4v) is 1.37. The normalized spacial score (nSPS) is 21.3. The van der Waals surface area contributed by atoms with Crippen LogP contribution in [-0.2, 0) is 16.0 Å². The Bertz CT molecular complexity index is 330. The average Bonchev–Trinajstić information content (AvgIpc) is 2.69. The van der Waals surface area contributed by atoms with Crippen LogP contribution in [0.3, 0.4) is 0 Å². The zero-order valence-corrected chi connectivity index (χ0v) is 7.47. The Morgan fingerprint density at radius 1 is 1.64 bits per heavy atom. The maximum absolute atomic E-state index is 10.3. The van der Waals surface area contributed by atoms with E-state index in [-0.39, 0.29) is 18.2 Å². The van der Waals surface area contributed by atoms with Gasteiger partial charge in [0.05, 0.1) is 6.61 Å². The largest absolute Gasteiger partial charge is 0.481 e. The van der Waals surface area contributed by atoms with E-state index < -0.39 is 5.97 Å². The number of aliphatic carboxylic acids is 1. The van der Waals surface area contributed by atoms with Crippen LogP contribution in [0.1, 0.15) is 24.1 Å². The van der Waals surface area contributed by atoms with Crippen LogP contribution >= 0.6 is 0 Å². The van der Waals surface area contributed by atoms with Crippen molar-refractivity contribution in [2.75, 3.05) is 13.2 Å². The summed E-state index contributed by atoms with van der Waals surface area (Å²) in [6.07, 6.45) is 0.645. The molecule has 1 saturated heterocycles. The van der Waals surface area contributed by atoms with Crippen LogP contribution in [0.5, 0.6) is 0 Å². The molecule has 1 aliphatic rings. The van der Waals surface area contributed by atoms with E-state index in [0.717, 1.165) is 6.42 Å². The topological polar surface area (TPSA) is 85.5 Å². The van der Waals surface area contributed by atoms with E-state index in [0.29, 0.717) is 19.0 Å². The molecule has 76 valence electrons. The molecule has 2 heterocycles. The lowest BCUT2D eigenvalue weighted by Gasteiger charge is -1.97. The SMILES string of the molecule is O=C(O)Cc1nc(C2CCOC2)no1. The van der Waals surface area contributed by atoms with Crippen LogP contribution in [0.25, 0.3) is 0 Å². The van der Waals surface area contributed by atoms with Crippen LogP contribution in [0.15, 0.2) is 4.52 Å². The van der Waals surface area contributed by atoms with Gasteiger partial charge in [-0.1, -0.05) is 5.16 Å². The summed E-state index contributed by atoms with van der Waals surface area (Å²) in [7, 11) is 0. The molecule has 6 nitrogen and oxygen atoms in total. The number of carboxylic acids is 1. The van der Waals surface area contributed by atoms with E-state index in [2.05, 4.69) is 10.1 Å². The lowest BCUT2D eigenvalue weighted by molar-refractivity contribution is -0.136. The highest BCUT2D eigenvalue weighted by Crippen LogP contribution is 2.22. The number of carbonyl (C=O) groups is 1. The molecule has 0 spiro atoms. The number of ether oxygens (including phenoxy) is 1. The minimum Gasteiger partial charge on any atom is -0.481 e. The van der Waals surface area contributed by atoms with Crippen molar-refractivity contribution < 1.29 is 19.2 Å². The third kappa shape index (κ3) is 1.90. The molecule has 0 radical (unpaired) electrons. The first-order valence-electron chi connectivity index (χ1n) is 4.37. The van der Waals surface area contributed by atoms with Gasteiger partial charge in [-0.3, -0.25) is 4.79 Å². The first-order chi connectivity index (χ1) is 6.75. The Kier molecular flexibility index (Phi) is 2.45. The van der Waals surface area contributed by atoms with E-state index in [1.54, 1.807) is 0 Å². The first-order valence-corrected chi connectivity index (χ1v) is 4.37. The van der Waals surface area contributed by atoms with Gasteiger partial charge in [0, 0.05) is 12.5 Å². The molecule has 0 saturated carbocycles. The lowest BCUT2D eigenvalue weighted by atomic mass is 10.1. The first kappa shape index (κ1) is 9.14. The standard InChI is InChI=1S/C8H10N2O4/c11-7(12)3-6-9-8(10-14-6)5-1-2-13-4-5/h5H,1-4H2,(H,11,12). The van der Waals surface area contributed by atoms with Crippen molar-refractivity contribution in [2.24, 2.45) is 0 Å². The Morgan fingerprint density at radius 3 is 3.14 bits per heavy atom. The molecule has 0 amide bonds. The fraction of sp³-hybridized carbons (Fsp3) is 0.625. The number of hydrogen-bond acceptors (Lipinski definition) is 5. The zero-order chi connectivity index (χ0) is 9.97. The predicted octanol–water partition coefficient (Wildman–Crippen LogP) is 0.201. The minimum atomic E-state index is -0.970. The van der Waals surface area contributed by atoms with Crippen LogP contribution in [0.2, 0.25) is 0 Å². The van der Waals surface area contributed by atoms with Gasteiger partial charge in [-0.2, -0.15) is 4.98 Å². The van der Waals surface area contributed by atoms with Gasteiger partial charge >= 0.3 is 5.97 Å². The van der Waals surface area contributed by atoms with Crippen LogP contribution < -0.4 is 0 Å². The zero-order valence-electron chi connectivity index (χ0n) is 7.47. The van der Waals surface area contributed by atoms with Crippen molar-refractivity contribution >= 4 is 5.97 Å². The summed E-state index contributed by atoms with van der Waals surface area (Å²) in [5.74, 6) is -0.109. The number of hydrogen-bond donors (Lipinski definition) is 1. The summed E-state index contributed by atoms with van der Waals surface area (Å²) in [6.45, 7) is 1.29. The monoisotopic (exact) mass is 198 g/mol. The Hall–Kier alpha value is -1.43. The third-order valence-electron chi connectivity index (χ3n) is 2.08. The van der Waals surface area contributed by atoms with Crippen LogP contribution in [0, 0.1) is 0 Å². The summed E-state index contributed by atoms with van der Waals surface area (Å²) in [5.41, 5.74) is 0. The summed E-state index contributed by atoms with van der Waals surface area (Å²) >= 11 is 0. The maximum atomic E-state index is 10.3. The Balaban J connectivity index is 2.05. The van der Waals surface area contributed by atoms with Gasteiger partial charge in [0.2, 0.25) is 5.89 Å². The smallest absolute Gasteiger partial charge is 0.312 e. The minimum absolute atomic E-state index is 0.152. The van der Waals surface area contributed by atoms with E-state index in [4.69, 9.17) is 14.4 Å². The number of nitrogens with zero attached hydrogens (tertiary/aromatic N) is 2. The summed E-state index contributed by atoms with van der Waals surface area (Å²) in [6, 6.07) is 0. The van der Waals surface area contributed by atoms with Gasteiger partial charge in [-0.25, -0.2) is 0 Å². The highest BCUT2D eigenvalue weighted by molar-refractivity contribution is 5.68. The summed E-state index contributed by atoms with van der Waals surface area (Å²) in [5, 5.41) is 12.2. The van der Waals surface area contributed by atoms with Gasteiger partial charge in [-0.05, 0) is 6.42 Å². The molecule has 1 N–H and O–H groups in total. The highest BCUT2D eigenvalue weighted by Gasteiger charge is 2.23. The van der Waals surface area contributed by atoms with E-state index in [9.17, 15) is 4.79 Å². The molecule has 0 aromatic carbocycles. The molecule has 1 aromatic heterocycles. The molecule has 1 atom stereocenters. The summed E-state index contributed by atoms with van der Waals surface area (Å²) in [4.78, 5) is 14.3. The second kappa shape index (κ2) is 3.75. The van der Waals surface area contributed by atoms with Crippen molar-refractivity contribution in [1.82, 2.24) is 10.1 Å². The van der Waals surface area contributed by atoms with Crippen molar-refractivity contribution in [3.8, 4) is 0 Å². The molecular formula is C8H10N2O4. The second-order valence-corrected chi connectivity index (χ2v) is 3.18. The van der Waals surface area contributed by atoms with Gasteiger partial charge in [0.1, 0.15) is 6.42 Å². The molecule has 1 fully saturated rings. The molecular weight excluding hydrogens is 188 g/mol. The molecule has 0 aliphatic carbocycles. The quantitative estimate of drug-likeness (QED) is 0.746. The average molecular weight is 198 g/mol. The molecule has 1 aromatic rings. The molecule has 1 aliphatic heterocycles. The van der Waals surface area contributed by atoms with Crippen molar-refractivity contribution in [3.63, 3.8) is 0 Å². The van der Waals surface area contributed by atoms with E-state index in [1.165, 1.54) is 0 Å². The van der Waals surface area contributed by atoms with Gasteiger partial charge < -0.3 is 14.4 Å².